The van der Waals surface area contributed by atoms with Crippen molar-refractivity contribution in [2.24, 2.45) is 5.10 Å². The Bertz CT molecular complexity index is 916. The minimum atomic E-state index is -0.921. The van der Waals surface area contributed by atoms with Crippen molar-refractivity contribution in [1.29, 1.82) is 0 Å². The summed E-state index contributed by atoms with van der Waals surface area (Å²) in [6, 6.07) is 12.7. The molecule has 0 saturated carbocycles. The van der Waals surface area contributed by atoms with Gasteiger partial charge < -0.3 is 10.3 Å². The van der Waals surface area contributed by atoms with Crippen LogP contribution in [0.4, 0.5) is 10.1 Å². The SMILES string of the molecule is O=C(N/N=C\c1c[nH]c2ccccc12)C(=O)Nc1ccc(F)cc1. The molecule has 0 fully saturated rings. The molecule has 0 aliphatic heterocycles. The number of nitrogens with one attached hydrogen (secondary N) is 3. The standard InChI is InChI=1S/C17H13FN4O2/c18-12-5-7-13(8-6-12)21-16(23)17(24)22-20-10-11-9-19-15-4-2-1-3-14(11)15/h1-10,19H,(H,21,23)(H,22,24)/b20-10-. The molecule has 120 valence electrons. The number of H-pyrrole nitrogens is 1. The number of nitrogens with zero attached hydrogens (tertiary/aromatic N) is 1. The molecule has 1 heterocycles. The summed E-state index contributed by atoms with van der Waals surface area (Å²) in [4.78, 5) is 26.5. The fourth-order valence-electron chi connectivity index (χ4n) is 2.13. The molecular formula is C17H13FN4O2. The quantitative estimate of drug-likeness (QED) is 0.392. The van der Waals surface area contributed by atoms with E-state index in [0.717, 1.165) is 16.5 Å². The first kappa shape index (κ1) is 15.4. The lowest BCUT2D eigenvalue weighted by atomic mass is 10.2. The Balaban J connectivity index is 1.60. The van der Waals surface area contributed by atoms with Crippen molar-refractivity contribution in [3.63, 3.8) is 0 Å². The Morgan fingerprint density at radius 2 is 1.79 bits per heavy atom. The van der Waals surface area contributed by atoms with Gasteiger partial charge in [-0.25, -0.2) is 9.82 Å². The first-order chi connectivity index (χ1) is 11.6. The average Bonchev–Trinajstić information content (AvgIpc) is 3.00. The van der Waals surface area contributed by atoms with Crippen molar-refractivity contribution in [3.8, 4) is 0 Å². The number of carbonyl (C=O) groups excluding carboxylic acids is 2. The highest BCUT2D eigenvalue weighted by Crippen LogP contribution is 2.15. The molecule has 0 saturated heterocycles. The third kappa shape index (κ3) is 3.46. The van der Waals surface area contributed by atoms with Gasteiger partial charge in [-0.1, -0.05) is 18.2 Å². The maximum absolute atomic E-state index is 12.8. The fraction of sp³-hybridized carbons (Fsp3) is 0. The molecule has 24 heavy (non-hydrogen) atoms. The van der Waals surface area contributed by atoms with Crippen LogP contribution in [0.15, 0.2) is 59.8 Å². The molecule has 0 radical (unpaired) electrons. The van der Waals surface area contributed by atoms with E-state index in [1.165, 1.54) is 30.5 Å². The van der Waals surface area contributed by atoms with E-state index < -0.39 is 17.6 Å². The van der Waals surface area contributed by atoms with Gasteiger partial charge in [-0.3, -0.25) is 9.59 Å². The van der Waals surface area contributed by atoms with Crippen LogP contribution in [0.25, 0.3) is 10.9 Å². The van der Waals surface area contributed by atoms with Gasteiger partial charge >= 0.3 is 11.8 Å². The Labute approximate surface area is 136 Å². The molecule has 3 aromatic rings. The Kier molecular flexibility index (Phi) is 4.33. The van der Waals surface area contributed by atoms with Gasteiger partial charge in [-0.2, -0.15) is 5.10 Å². The van der Waals surface area contributed by atoms with E-state index in [2.05, 4.69) is 20.8 Å². The second kappa shape index (κ2) is 6.74. The molecule has 3 rings (SSSR count). The van der Waals surface area contributed by atoms with Crippen LogP contribution in [0, 0.1) is 5.82 Å². The van der Waals surface area contributed by atoms with Gasteiger partial charge in [0.15, 0.2) is 0 Å². The van der Waals surface area contributed by atoms with Crippen LogP contribution in [-0.4, -0.2) is 23.0 Å². The number of aromatic amines is 1. The molecule has 7 heteroatoms. The lowest BCUT2D eigenvalue weighted by Gasteiger charge is -2.03. The molecule has 0 bridgehead atoms. The first-order valence-electron chi connectivity index (χ1n) is 7.09. The summed E-state index contributed by atoms with van der Waals surface area (Å²) in [7, 11) is 0. The third-order valence-electron chi connectivity index (χ3n) is 3.30. The second-order valence-corrected chi connectivity index (χ2v) is 4.95. The van der Waals surface area contributed by atoms with Gasteiger partial charge in [0, 0.05) is 28.4 Å². The van der Waals surface area contributed by atoms with Gasteiger partial charge in [0.25, 0.3) is 0 Å². The van der Waals surface area contributed by atoms with Gasteiger partial charge in [-0.15, -0.1) is 0 Å². The molecular weight excluding hydrogens is 311 g/mol. The topological polar surface area (TPSA) is 86.3 Å². The van der Waals surface area contributed by atoms with Crippen molar-refractivity contribution in [3.05, 3.63) is 66.1 Å². The summed E-state index contributed by atoms with van der Waals surface area (Å²) in [5, 5.41) is 7.07. The molecule has 0 spiro atoms. The predicted molar refractivity (Wildman–Crippen MR) is 89.1 cm³/mol. The van der Waals surface area contributed by atoms with E-state index in [9.17, 15) is 14.0 Å². The van der Waals surface area contributed by atoms with Gasteiger partial charge in [0.05, 0.1) is 6.21 Å². The summed E-state index contributed by atoms with van der Waals surface area (Å²) >= 11 is 0. The molecule has 0 aliphatic carbocycles. The first-order valence-corrected chi connectivity index (χ1v) is 7.09. The molecule has 0 unspecified atom stereocenters. The van der Waals surface area contributed by atoms with Crippen LogP contribution in [0.5, 0.6) is 0 Å². The number of rotatable bonds is 3. The van der Waals surface area contributed by atoms with Crippen molar-refractivity contribution in [1.82, 2.24) is 10.4 Å². The van der Waals surface area contributed by atoms with Crippen LogP contribution in [0.2, 0.25) is 0 Å². The Hall–Kier alpha value is -3.48. The number of para-hydroxylation sites is 1. The van der Waals surface area contributed by atoms with Crippen LogP contribution in [0.3, 0.4) is 0 Å². The number of anilines is 1. The number of hydrazone groups is 1. The second-order valence-electron chi connectivity index (χ2n) is 4.95. The molecule has 3 N–H and O–H groups in total. The molecule has 0 aliphatic rings. The summed E-state index contributed by atoms with van der Waals surface area (Å²) in [5.41, 5.74) is 4.19. The molecule has 6 nitrogen and oxygen atoms in total. The minimum Gasteiger partial charge on any atom is -0.361 e. The number of carbonyl (C=O) groups is 2. The Morgan fingerprint density at radius 3 is 2.58 bits per heavy atom. The highest BCUT2D eigenvalue weighted by atomic mass is 19.1. The molecule has 0 atom stereocenters. The number of benzene rings is 2. The normalized spacial score (nSPS) is 10.9. The van der Waals surface area contributed by atoms with Crippen molar-refractivity contribution in [2.45, 2.75) is 0 Å². The summed E-state index contributed by atoms with van der Waals surface area (Å²) < 4.78 is 12.8. The summed E-state index contributed by atoms with van der Waals surface area (Å²) in [6.07, 6.45) is 3.20. The highest BCUT2D eigenvalue weighted by Gasteiger charge is 2.12. The molecule has 2 aromatic carbocycles. The number of aromatic nitrogens is 1. The number of halogens is 1. The monoisotopic (exact) mass is 324 g/mol. The number of fused-ring (bicyclic) bond motifs is 1. The third-order valence-corrected chi connectivity index (χ3v) is 3.30. The van der Waals surface area contributed by atoms with Gasteiger partial charge in [0.1, 0.15) is 5.82 Å². The number of hydrogen-bond acceptors (Lipinski definition) is 3. The lowest BCUT2D eigenvalue weighted by molar-refractivity contribution is -0.136. The fourth-order valence-corrected chi connectivity index (χ4v) is 2.13. The van der Waals surface area contributed by atoms with E-state index in [1.807, 2.05) is 24.3 Å². The largest absolute Gasteiger partial charge is 0.361 e. The smallest absolute Gasteiger partial charge is 0.329 e. The molecule has 2 amide bonds. The van der Waals surface area contributed by atoms with E-state index in [1.54, 1.807) is 6.20 Å². The maximum Gasteiger partial charge on any atom is 0.329 e. The van der Waals surface area contributed by atoms with E-state index in [4.69, 9.17) is 0 Å². The van der Waals surface area contributed by atoms with Gasteiger partial charge in [-0.05, 0) is 30.3 Å². The summed E-state index contributed by atoms with van der Waals surface area (Å²) in [6.45, 7) is 0. The Morgan fingerprint density at radius 1 is 1.04 bits per heavy atom. The van der Waals surface area contributed by atoms with E-state index in [0.29, 0.717) is 5.69 Å². The van der Waals surface area contributed by atoms with Gasteiger partial charge in [0.2, 0.25) is 0 Å². The van der Waals surface area contributed by atoms with Crippen molar-refractivity contribution >= 4 is 34.6 Å². The van der Waals surface area contributed by atoms with Crippen LogP contribution < -0.4 is 10.7 Å². The zero-order chi connectivity index (χ0) is 16.9. The minimum absolute atomic E-state index is 0.317. The van der Waals surface area contributed by atoms with Crippen molar-refractivity contribution < 1.29 is 14.0 Å². The van der Waals surface area contributed by atoms with E-state index >= 15 is 0 Å². The zero-order valence-corrected chi connectivity index (χ0v) is 12.4. The van der Waals surface area contributed by atoms with Crippen LogP contribution >= 0.6 is 0 Å². The van der Waals surface area contributed by atoms with Crippen LogP contribution in [0.1, 0.15) is 5.56 Å². The lowest BCUT2D eigenvalue weighted by Crippen LogP contribution is -2.32. The molecule has 1 aromatic heterocycles. The number of amides is 2. The predicted octanol–water partition coefficient (Wildman–Crippen LogP) is 2.40. The zero-order valence-electron chi connectivity index (χ0n) is 12.4. The average molecular weight is 324 g/mol. The maximum atomic E-state index is 12.8. The van der Waals surface area contributed by atoms with Crippen molar-refractivity contribution in [2.75, 3.05) is 5.32 Å². The van der Waals surface area contributed by atoms with Crippen LogP contribution in [-0.2, 0) is 9.59 Å². The van der Waals surface area contributed by atoms with E-state index in [-0.39, 0.29) is 0 Å². The summed E-state index contributed by atoms with van der Waals surface area (Å²) in [5.74, 6) is -2.24. The highest BCUT2D eigenvalue weighted by molar-refractivity contribution is 6.39. The number of hydrogen-bond donors (Lipinski definition) is 3.